The van der Waals surface area contributed by atoms with Crippen molar-refractivity contribution in [2.45, 2.75) is 19.8 Å². The Kier molecular flexibility index (Phi) is 6.97. The van der Waals surface area contributed by atoms with Gasteiger partial charge in [0.25, 0.3) is 0 Å². The predicted molar refractivity (Wildman–Crippen MR) is 122 cm³/mol. The lowest BCUT2D eigenvalue weighted by molar-refractivity contribution is -0.117. The number of nitrogens with one attached hydrogen (secondary N) is 1. The van der Waals surface area contributed by atoms with Gasteiger partial charge in [-0.25, -0.2) is 4.98 Å². The molecule has 1 amide bonds. The number of piperazine rings is 1. The van der Waals surface area contributed by atoms with Crippen LogP contribution in [0.15, 0.2) is 48.7 Å². The standard InChI is InChI=1S/C24H33N5O/c1-20-7-9-22(10-8-20)26-24(30)19-28-12-4-5-21(18-28)17-27-13-15-29(16-14-27)23-6-2-3-11-25-23/h2-3,6-11,21H,4-5,12-19H2,1H3,(H,26,30). The third-order valence-electron chi connectivity index (χ3n) is 6.17. The number of carbonyl (C=O) groups excluding carboxylic acids is 1. The Labute approximate surface area is 179 Å². The molecule has 1 N–H and O–H groups in total. The van der Waals surface area contributed by atoms with Crippen molar-refractivity contribution in [1.82, 2.24) is 14.8 Å². The Morgan fingerprint density at radius 2 is 1.83 bits per heavy atom. The summed E-state index contributed by atoms with van der Waals surface area (Å²) in [6.07, 6.45) is 4.31. The molecule has 1 unspecified atom stereocenters. The van der Waals surface area contributed by atoms with Crippen LogP contribution < -0.4 is 10.2 Å². The first-order chi connectivity index (χ1) is 14.7. The van der Waals surface area contributed by atoms with Gasteiger partial charge in [0.1, 0.15) is 5.82 Å². The third-order valence-corrected chi connectivity index (χ3v) is 6.17. The van der Waals surface area contributed by atoms with Crippen LogP contribution in [0.1, 0.15) is 18.4 Å². The molecule has 6 heteroatoms. The van der Waals surface area contributed by atoms with Crippen molar-refractivity contribution in [3.8, 4) is 0 Å². The molecule has 6 nitrogen and oxygen atoms in total. The normalized spacial score (nSPS) is 20.8. The summed E-state index contributed by atoms with van der Waals surface area (Å²) in [6, 6.07) is 14.1. The smallest absolute Gasteiger partial charge is 0.238 e. The highest BCUT2D eigenvalue weighted by Crippen LogP contribution is 2.20. The third kappa shape index (κ3) is 5.80. The van der Waals surface area contributed by atoms with Crippen LogP contribution >= 0.6 is 0 Å². The summed E-state index contributed by atoms with van der Waals surface area (Å²) in [5.74, 6) is 1.82. The van der Waals surface area contributed by atoms with Gasteiger partial charge in [-0.2, -0.15) is 0 Å². The van der Waals surface area contributed by atoms with Crippen LogP contribution in [-0.4, -0.2) is 73.0 Å². The van der Waals surface area contributed by atoms with Crippen molar-refractivity contribution in [3.63, 3.8) is 0 Å². The molecular weight excluding hydrogens is 374 g/mol. The van der Waals surface area contributed by atoms with Gasteiger partial charge in [-0.15, -0.1) is 0 Å². The van der Waals surface area contributed by atoms with Crippen LogP contribution in [0, 0.1) is 12.8 Å². The number of hydrogen-bond acceptors (Lipinski definition) is 5. The fourth-order valence-electron chi connectivity index (χ4n) is 4.55. The van der Waals surface area contributed by atoms with Crippen LogP contribution in [0.25, 0.3) is 0 Å². The first-order valence-corrected chi connectivity index (χ1v) is 11.1. The second kappa shape index (κ2) is 10.0. The van der Waals surface area contributed by atoms with Crippen molar-refractivity contribution in [3.05, 3.63) is 54.2 Å². The minimum Gasteiger partial charge on any atom is -0.354 e. The molecule has 160 valence electrons. The molecule has 2 aromatic rings. The van der Waals surface area contributed by atoms with E-state index < -0.39 is 0 Å². The molecule has 2 fully saturated rings. The zero-order chi connectivity index (χ0) is 20.8. The van der Waals surface area contributed by atoms with Crippen molar-refractivity contribution >= 4 is 17.4 Å². The Balaban J connectivity index is 1.20. The van der Waals surface area contributed by atoms with Gasteiger partial charge in [-0.3, -0.25) is 14.6 Å². The van der Waals surface area contributed by atoms with Gasteiger partial charge in [0.2, 0.25) is 5.91 Å². The molecule has 0 bridgehead atoms. The molecule has 0 radical (unpaired) electrons. The number of piperidine rings is 1. The van der Waals surface area contributed by atoms with Crippen LogP contribution in [-0.2, 0) is 4.79 Å². The van der Waals surface area contributed by atoms with Crippen molar-refractivity contribution < 1.29 is 4.79 Å². The van der Waals surface area contributed by atoms with Gasteiger partial charge in [-0.1, -0.05) is 23.8 Å². The second-order valence-corrected chi connectivity index (χ2v) is 8.63. The fourth-order valence-corrected chi connectivity index (χ4v) is 4.55. The predicted octanol–water partition coefficient (Wildman–Crippen LogP) is 2.86. The minimum atomic E-state index is 0.0866. The van der Waals surface area contributed by atoms with Gasteiger partial charge >= 0.3 is 0 Å². The second-order valence-electron chi connectivity index (χ2n) is 8.63. The quantitative estimate of drug-likeness (QED) is 0.798. The molecule has 1 aromatic heterocycles. The number of aromatic nitrogens is 1. The molecule has 30 heavy (non-hydrogen) atoms. The molecule has 0 saturated carbocycles. The van der Waals surface area contributed by atoms with Crippen LogP contribution in [0.3, 0.4) is 0 Å². The molecule has 0 spiro atoms. The van der Waals surface area contributed by atoms with E-state index >= 15 is 0 Å². The summed E-state index contributed by atoms with van der Waals surface area (Å²) in [7, 11) is 0. The maximum absolute atomic E-state index is 12.5. The minimum absolute atomic E-state index is 0.0866. The highest BCUT2D eigenvalue weighted by Gasteiger charge is 2.25. The van der Waals surface area contributed by atoms with Crippen LogP contribution in [0.5, 0.6) is 0 Å². The highest BCUT2D eigenvalue weighted by atomic mass is 16.2. The lowest BCUT2D eigenvalue weighted by Gasteiger charge is -2.39. The highest BCUT2D eigenvalue weighted by molar-refractivity contribution is 5.92. The number of aryl methyl sites for hydroxylation is 1. The first kappa shape index (κ1) is 20.8. The fraction of sp³-hybridized carbons (Fsp3) is 0.500. The van der Waals surface area contributed by atoms with Gasteiger partial charge < -0.3 is 10.2 Å². The van der Waals surface area contributed by atoms with E-state index in [1.807, 2.05) is 36.5 Å². The Bertz CT molecular complexity index is 802. The van der Waals surface area contributed by atoms with Crippen LogP contribution in [0.2, 0.25) is 0 Å². The van der Waals surface area contributed by atoms with Gasteiger partial charge in [0.15, 0.2) is 0 Å². The number of amides is 1. The summed E-state index contributed by atoms with van der Waals surface area (Å²) in [5.41, 5.74) is 2.08. The topological polar surface area (TPSA) is 51.7 Å². The van der Waals surface area contributed by atoms with Gasteiger partial charge in [-0.05, 0) is 56.5 Å². The molecule has 1 aromatic carbocycles. The number of rotatable bonds is 6. The number of pyridine rings is 1. The van der Waals surface area contributed by atoms with Crippen molar-refractivity contribution in [1.29, 1.82) is 0 Å². The number of anilines is 2. The number of carbonyl (C=O) groups is 1. The molecule has 2 saturated heterocycles. The zero-order valence-electron chi connectivity index (χ0n) is 18.0. The maximum atomic E-state index is 12.5. The molecule has 1 atom stereocenters. The number of benzene rings is 1. The Morgan fingerprint density at radius 1 is 1.03 bits per heavy atom. The van der Waals surface area contributed by atoms with E-state index in [4.69, 9.17) is 0 Å². The summed E-state index contributed by atoms with van der Waals surface area (Å²) in [6.45, 7) is 9.94. The van der Waals surface area contributed by atoms with Crippen molar-refractivity contribution in [2.24, 2.45) is 5.92 Å². The lowest BCUT2D eigenvalue weighted by atomic mass is 9.97. The van der Waals surface area contributed by atoms with E-state index in [0.29, 0.717) is 12.5 Å². The van der Waals surface area contributed by atoms with E-state index in [9.17, 15) is 4.79 Å². The SMILES string of the molecule is Cc1ccc(NC(=O)CN2CCCC(CN3CCN(c4ccccn4)CC3)C2)cc1. The summed E-state index contributed by atoms with van der Waals surface area (Å²) in [5, 5.41) is 3.03. The van der Waals surface area contributed by atoms with E-state index in [1.54, 1.807) is 0 Å². The number of nitrogens with zero attached hydrogens (tertiary/aromatic N) is 4. The van der Waals surface area contributed by atoms with E-state index in [2.05, 4.69) is 44.1 Å². The van der Waals surface area contributed by atoms with E-state index in [0.717, 1.165) is 57.3 Å². The largest absolute Gasteiger partial charge is 0.354 e. The average Bonchev–Trinajstić information content (AvgIpc) is 2.77. The molecular formula is C24H33N5O. The van der Waals surface area contributed by atoms with Crippen molar-refractivity contribution in [2.75, 3.05) is 62.6 Å². The van der Waals surface area contributed by atoms with Gasteiger partial charge in [0.05, 0.1) is 6.54 Å². The molecule has 0 aliphatic carbocycles. The first-order valence-electron chi connectivity index (χ1n) is 11.1. The Morgan fingerprint density at radius 3 is 2.57 bits per heavy atom. The Hall–Kier alpha value is -2.44. The van der Waals surface area contributed by atoms with E-state index in [-0.39, 0.29) is 5.91 Å². The molecule has 2 aliphatic rings. The molecule has 2 aliphatic heterocycles. The number of likely N-dealkylation sites (tertiary alicyclic amines) is 1. The number of hydrogen-bond donors (Lipinski definition) is 1. The maximum Gasteiger partial charge on any atom is 0.238 e. The summed E-state index contributed by atoms with van der Waals surface area (Å²) < 4.78 is 0. The average molecular weight is 408 g/mol. The zero-order valence-corrected chi connectivity index (χ0v) is 18.0. The summed E-state index contributed by atoms with van der Waals surface area (Å²) >= 11 is 0. The van der Waals surface area contributed by atoms with Gasteiger partial charge in [0, 0.05) is 51.2 Å². The summed E-state index contributed by atoms with van der Waals surface area (Å²) in [4.78, 5) is 24.2. The van der Waals surface area contributed by atoms with E-state index in [1.165, 1.54) is 18.4 Å². The molecule has 4 rings (SSSR count). The van der Waals surface area contributed by atoms with Crippen LogP contribution in [0.4, 0.5) is 11.5 Å². The molecule has 3 heterocycles. The monoisotopic (exact) mass is 407 g/mol. The lowest BCUT2D eigenvalue weighted by Crippen LogP contribution is -2.50.